The van der Waals surface area contributed by atoms with Crippen LogP contribution < -0.4 is 4.74 Å². The Kier molecular flexibility index (Phi) is 3.21. The van der Waals surface area contributed by atoms with Gasteiger partial charge in [0.05, 0.1) is 7.11 Å². The number of methoxy groups -OCH3 is 1. The lowest BCUT2D eigenvalue weighted by Gasteiger charge is -1.99. The van der Waals surface area contributed by atoms with Crippen molar-refractivity contribution < 1.29 is 9.26 Å². The maximum atomic E-state index is 5.35. The highest BCUT2D eigenvalue weighted by Crippen LogP contribution is 2.29. The predicted molar refractivity (Wildman–Crippen MR) is 78.0 cm³/mol. The van der Waals surface area contributed by atoms with Gasteiger partial charge < -0.3 is 9.26 Å². The van der Waals surface area contributed by atoms with Gasteiger partial charge in [0, 0.05) is 18.8 Å². The van der Waals surface area contributed by atoms with Crippen LogP contribution in [0.5, 0.6) is 5.88 Å². The fraction of sp³-hybridized carbons (Fsp3) is 0.267. The van der Waals surface area contributed by atoms with Gasteiger partial charge in [-0.05, 0) is 26.0 Å². The molecule has 0 aliphatic carbocycles. The summed E-state index contributed by atoms with van der Waals surface area (Å²) >= 11 is 0. The van der Waals surface area contributed by atoms with E-state index in [0.29, 0.717) is 23.2 Å². The molecule has 0 bridgehead atoms. The van der Waals surface area contributed by atoms with E-state index in [1.54, 1.807) is 18.0 Å². The molecule has 0 aliphatic rings. The van der Waals surface area contributed by atoms with E-state index in [1.165, 1.54) is 0 Å². The highest BCUT2D eigenvalue weighted by molar-refractivity contribution is 5.63. The first-order chi connectivity index (χ1) is 10.1. The Morgan fingerprint density at radius 3 is 2.52 bits per heavy atom. The summed E-state index contributed by atoms with van der Waals surface area (Å²) in [5, 5.41) is 8.23. The van der Waals surface area contributed by atoms with Crippen LogP contribution in [0.1, 0.15) is 11.1 Å². The van der Waals surface area contributed by atoms with Crippen LogP contribution in [0.25, 0.3) is 22.8 Å². The minimum absolute atomic E-state index is 0.397. The highest BCUT2D eigenvalue weighted by Gasteiger charge is 2.18. The molecule has 0 amide bonds. The molecule has 6 nitrogen and oxygen atoms in total. The van der Waals surface area contributed by atoms with Gasteiger partial charge in [-0.2, -0.15) is 4.98 Å². The lowest BCUT2D eigenvalue weighted by atomic mass is 10.1. The van der Waals surface area contributed by atoms with Gasteiger partial charge in [0.1, 0.15) is 5.56 Å². The average molecular weight is 284 g/mol. The number of ether oxygens (including phenoxy) is 1. The molecule has 0 saturated carbocycles. The molecule has 21 heavy (non-hydrogen) atoms. The molecule has 0 unspecified atom stereocenters. The van der Waals surface area contributed by atoms with Gasteiger partial charge in [0.25, 0.3) is 5.89 Å². The summed E-state index contributed by atoms with van der Waals surface area (Å²) in [6.45, 7) is 4.09. The molecule has 0 spiro atoms. The lowest BCUT2D eigenvalue weighted by Crippen LogP contribution is -1.89. The van der Waals surface area contributed by atoms with Crippen LogP contribution in [0.2, 0.25) is 0 Å². The first-order valence-electron chi connectivity index (χ1n) is 6.57. The SMILES string of the molecule is COc1nn(C)cc1-c1nc(-c2cc(C)cc(C)c2)no1. The number of hydrogen-bond donors (Lipinski definition) is 0. The number of aromatic nitrogens is 4. The van der Waals surface area contributed by atoms with Crippen LogP contribution in [0.3, 0.4) is 0 Å². The van der Waals surface area contributed by atoms with Crippen LogP contribution in [0.4, 0.5) is 0 Å². The number of benzene rings is 1. The smallest absolute Gasteiger partial charge is 0.265 e. The topological polar surface area (TPSA) is 66.0 Å². The molecule has 6 heteroatoms. The second-order valence-electron chi connectivity index (χ2n) is 5.03. The van der Waals surface area contributed by atoms with E-state index in [0.717, 1.165) is 16.7 Å². The summed E-state index contributed by atoms with van der Waals surface area (Å²) < 4.78 is 12.2. The molecule has 0 N–H and O–H groups in total. The first-order valence-corrected chi connectivity index (χ1v) is 6.57. The van der Waals surface area contributed by atoms with Crippen molar-refractivity contribution >= 4 is 0 Å². The van der Waals surface area contributed by atoms with Gasteiger partial charge in [-0.1, -0.05) is 22.3 Å². The number of hydrogen-bond acceptors (Lipinski definition) is 5. The zero-order chi connectivity index (χ0) is 15.0. The van der Waals surface area contributed by atoms with Gasteiger partial charge in [-0.15, -0.1) is 5.10 Å². The van der Waals surface area contributed by atoms with Gasteiger partial charge in [0.2, 0.25) is 11.7 Å². The van der Waals surface area contributed by atoms with Crippen molar-refractivity contribution in [3.05, 3.63) is 35.5 Å². The molecule has 2 aromatic heterocycles. The fourth-order valence-electron chi connectivity index (χ4n) is 2.32. The molecule has 0 fully saturated rings. The van der Waals surface area contributed by atoms with Crippen LogP contribution in [-0.4, -0.2) is 27.0 Å². The average Bonchev–Trinajstić information content (AvgIpc) is 3.03. The monoisotopic (exact) mass is 284 g/mol. The molecule has 0 aliphatic heterocycles. The van der Waals surface area contributed by atoms with E-state index in [9.17, 15) is 0 Å². The third-order valence-corrected chi connectivity index (χ3v) is 3.12. The van der Waals surface area contributed by atoms with Gasteiger partial charge in [0.15, 0.2) is 0 Å². The van der Waals surface area contributed by atoms with Gasteiger partial charge >= 0.3 is 0 Å². The van der Waals surface area contributed by atoms with Crippen LogP contribution >= 0.6 is 0 Å². The molecule has 0 saturated heterocycles. The van der Waals surface area contributed by atoms with E-state index in [4.69, 9.17) is 9.26 Å². The van der Waals surface area contributed by atoms with Crippen molar-refractivity contribution in [2.75, 3.05) is 7.11 Å². The Morgan fingerprint density at radius 1 is 1.14 bits per heavy atom. The molecule has 0 radical (unpaired) electrons. The second kappa shape index (κ2) is 5.05. The Hall–Kier alpha value is -2.63. The van der Waals surface area contributed by atoms with Crippen molar-refractivity contribution in [3.63, 3.8) is 0 Å². The number of nitrogens with zero attached hydrogens (tertiary/aromatic N) is 4. The Balaban J connectivity index is 2.03. The molecular weight excluding hydrogens is 268 g/mol. The zero-order valence-electron chi connectivity index (χ0n) is 12.4. The van der Waals surface area contributed by atoms with Crippen molar-refractivity contribution in [1.29, 1.82) is 0 Å². The standard InChI is InChI=1S/C15H16N4O2/c1-9-5-10(2)7-11(6-9)13-16-14(21-18-13)12-8-19(3)17-15(12)20-4/h5-8H,1-4H3. The van der Waals surface area contributed by atoms with E-state index in [-0.39, 0.29) is 0 Å². The third-order valence-electron chi connectivity index (χ3n) is 3.12. The van der Waals surface area contributed by atoms with Gasteiger partial charge in [-0.25, -0.2) is 0 Å². The van der Waals surface area contributed by atoms with Crippen LogP contribution in [0, 0.1) is 13.8 Å². The largest absolute Gasteiger partial charge is 0.479 e. The summed E-state index contributed by atoms with van der Waals surface area (Å²) in [7, 11) is 3.38. The first kappa shape index (κ1) is 13.4. The minimum atomic E-state index is 0.397. The Morgan fingerprint density at radius 2 is 1.86 bits per heavy atom. The van der Waals surface area contributed by atoms with Crippen LogP contribution in [0.15, 0.2) is 28.9 Å². The highest BCUT2D eigenvalue weighted by atomic mass is 16.5. The molecule has 1 aromatic carbocycles. The van der Waals surface area contributed by atoms with E-state index in [2.05, 4.69) is 21.3 Å². The van der Waals surface area contributed by atoms with E-state index >= 15 is 0 Å². The molecule has 2 heterocycles. The van der Waals surface area contributed by atoms with Crippen molar-refractivity contribution in [2.45, 2.75) is 13.8 Å². The molecule has 3 aromatic rings. The molecule has 108 valence electrons. The van der Waals surface area contributed by atoms with E-state index < -0.39 is 0 Å². The summed E-state index contributed by atoms with van der Waals surface area (Å²) in [6, 6.07) is 6.17. The van der Waals surface area contributed by atoms with Crippen molar-refractivity contribution in [1.82, 2.24) is 19.9 Å². The summed E-state index contributed by atoms with van der Waals surface area (Å²) in [4.78, 5) is 4.44. The Labute approximate surface area is 122 Å². The summed E-state index contributed by atoms with van der Waals surface area (Å²) in [5.41, 5.74) is 3.94. The maximum Gasteiger partial charge on any atom is 0.265 e. The number of aryl methyl sites for hydroxylation is 3. The third kappa shape index (κ3) is 2.52. The Bertz CT molecular complexity index is 769. The maximum absolute atomic E-state index is 5.35. The summed E-state index contributed by atoms with van der Waals surface area (Å²) in [5.74, 6) is 1.42. The van der Waals surface area contributed by atoms with Crippen molar-refractivity contribution in [2.24, 2.45) is 7.05 Å². The van der Waals surface area contributed by atoms with E-state index in [1.807, 2.05) is 33.0 Å². The fourth-order valence-corrected chi connectivity index (χ4v) is 2.32. The molecule has 3 rings (SSSR count). The lowest BCUT2D eigenvalue weighted by molar-refractivity contribution is 0.388. The second-order valence-corrected chi connectivity index (χ2v) is 5.03. The van der Waals surface area contributed by atoms with Crippen molar-refractivity contribution in [3.8, 4) is 28.7 Å². The quantitative estimate of drug-likeness (QED) is 0.740. The summed E-state index contributed by atoms with van der Waals surface area (Å²) in [6.07, 6.45) is 1.79. The van der Waals surface area contributed by atoms with Gasteiger partial charge in [-0.3, -0.25) is 4.68 Å². The zero-order valence-corrected chi connectivity index (χ0v) is 12.4. The molecule has 0 atom stereocenters. The minimum Gasteiger partial charge on any atom is -0.479 e. The number of rotatable bonds is 3. The predicted octanol–water partition coefficient (Wildman–Crippen LogP) is 2.76. The van der Waals surface area contributed by atoms with Crippen LogP contribution in [-0.2, 0) is 7.05 Å². The normalized spacial score (nSPS) is 10.9. The molecular formula is C15H16N4O2.